The van der Waals surface area contributed by atoms with Crippen LogP contribution in [-0.2, 0) is 11.2 Å². The van der Waals surface area contributed by atoms with E-state index in [2.05, 4.69) is 41.5 Å². The van der Waals surface area contributed by atoms with Gasteiger partial charge in [-0.1, -0.05) is 37.6 Å². The minimum atomic E-state index is -0.0685. The highest BCUT2D eigenvalue weighted by molar-refractivity contribution is 7.99. The van der Waals surface area contributed by atoms with Crippen molar-refractivity contribution in [1.29, 1.82) is 0 Å². The molecule has 0 aliphatic carbocycles. The van der Waals surface area contributed by atoms with Crippen LogP contribution in [0.4, 0.5) is 5.13 Å². The zero-order chi connectivity index (χ0) is 16.1. The first kappa shape index (κ1) is 17.0. The van der Waals surface area contributed by atoms with E-state index in [1.54, 1.807) is 0 Å². The first-order chi connectivity index (χ1) is 10.5. The molecule has 0 saturated heterocycles. The van der Waals surface area contributed by atoms with Crippen LogP contribution in [0.2, 0.25) is 0 Å². The average molecular weight is 335 g/mol. The van der Waals surface area contributed by atoms with Crippen molar-refractivity contribution < 1.29 is 4.79 Å². The molecule has 0 spiro atoms. The number of hydrogen-bond acceptors (Lipinski definition) is 4. The van der Waals surface area contributed by atoms with Crippen LogP contribution in [0.25, 0.3) is 11.3 Å². The molecule has 118 valence electrons. The maximum absolute atomic E-state index is 12.0. The van der Waals surface area contributed by atoms with E-state index in [0.29, 0.717) is 5.13 Å². The summed E-state index contributed by atoms with van der Waals surface area (Å²) in [5, 5.41) is 3.51. The number of rotatable bonds is 6. The van der Waals surface area contributed by atoms with Crippen molar-refractivity contribution in [3.8, 4) is 11.3 Å². The van der Waals surface area contributed by atoms with E-state index in [4.69, 9.17) is 0 Å². The fraction of sp³-hybridized carbons (Fsp3) is 0.412. The number of amides is 1. The number of anilines is 1. The lowest BCUT2D eigenvalue weighted by atomic mass is 10.1. The molecular weight excluding hydrogens is 312 g/mol. The van der Waals surface area contributed by atoms with Crippen LogP contribution in [0.3, 0.4) is 0 Å². The molecular formula is C17H22N2OS2. The van der Waals surface area contributed by atoms with Gasteiger partial charge in [0.15, 0.2) is 5.13 Å². The van der Waals surface area contributed by atoms with Gasteiger partial charge in [-0.15, -0.1) is 11.3 Å². The monoisotopic (exact) mass is 334 g/mol. The quantitative estimate of drug-likeness (QED) is 0.828. The molecule has 1 heterocycles. The largest absolute Gasteiger partial charge is 0.301 e. The highest BCUT2D eigenvalue weighted by Gasteiger charge is 2.15. The highest BCUT2D eigenvalue weighted by atomic mass is 32.2. The summed E-state index contributed by atoms with van der Waals surface area (Å²) < 4.78 is 0. The first-order valence-corrected chi connectivity index (χ1v) is 9.56. The smallest absolute Gasteiger partial charge is 0.238 e. The number of nitrogens with one attached hydrogen (secondary N) is 1. The van der Waals surface area contributed by atoms with Gasteiger partial charge < -0.3 is 5.32 Å². The van der Waals surface area contributed by atoms with Gasteiger partial charge in [0.2, 0.25) is 5.91 Å². The second kappa shape index (κ2) is 7.79. The van der Waals surface area contributed by atoms with Gasteiger partial charge in [-0.3, -0.25) is 4.79 Å². The minimum absolute atomic E-state index is 0.00564. The van der Waals surface area contributed by atoms with Crippen LogP contribution < -0.4 is 5.32 Å². The van der Waals surface area contributed by atoms with E-state index < -0.39 is 0 Å². The molecule has 1 aromatic heterocycles. The van der Waals surface area contributed by atoms with Crippen LogP contribution in [0.5, 0.6) is 0 Å². The Hall–Kier alpha value is -1.33. The summed E-state index contributed by atoms with van der Waals surface area (Å²) in [7, 11) is 0. The van der Waals surface area contributed by atoms with E-state index in [9.17, 15) is 4.79 Å². The van der Waals surface area contributed by atoms with Crippen LogP contribution in [0.15, 0.2) is 24.3 Å². The van der Waals surface area contributed by atoms with Crippen LogP contribution in [0.1, 0.15) is 30.7 Å². The summed E-state index contributed by atoms with van der Waals surface area (Å²) in [5.74, 6) is 0.00564. The molecule has 1 N–H and O–H groups in total. The number of aromatic nitrogens is 1. The van der Waals surface area contributed by atoms with Crippen molar-refractivity contribution >= 4 is 34.1 Å². The van der Waals surface area contributed by atoms with Crippen LogP contribution >= 0.6 is 23.1 Å². The summed E-state index contributed by atoms with van der Waals surface area (Å²) in [5.41, 5.74) is 3.41. The molecule has 5 heteroatoms. The van der Waals surface area contributed by atoms with Crippen molar-refractivity contribution in [3.05, 3.63) is 34.7 Å². The summed E-state index contributed by atoms with van der Waals surface area (Å²) in [4.78, 5) is 17.7. The maximum Gasteiger partial charge on any atom is 0.238 e. The Bertz CT molecular complexity index is 635. The van der Waals surface area contributed by atoms with Gasteiger partial charge >= 0.3 is 0 Å². The summed E-state index contributed by atoms with van der Waals surface area (Å²) >= 11 is 3.06. The molecule has 0 saturated carbocycles. The number of carbonyl (C=O) groups is 1. The van der Waals surface area contributed by atoms with E-state index in [0.717, 1.165) is 29.0 Å². The Morgan fingerprint density at radius 1 is 1.36 bits per heavy atom. The van der Waals surface area contributed by atoms with Crippen LogP contribution in [-0.4, -0.2) is 22.4 Å². The maximum atomic E-state index is 12.0. The topological polar surface area (TPSA) is 42.0 Å². The van der Waals surface area contributed by atoms with E-state index in [1.807, 2.05) is 20.1 Å². The average Bonchev–Trinajstić information content (AvgIpc) is 2.88. The Kier molecular flexibility index (Phi) is 6.03. The van der Waals surface area contributed by atoms with Crippen molar-refractivity contribution in [1.82, 2.24) is 4.98 Å². The molecule has 0 aliphatic rings. The van der Waals surface area contributed by atoms with Gasteiger partial charge in [0, 0.05) is 10.4 Å². The molecule has 1 aromatic carbocycles. The fourth-order valence-electron chi connectivity index (χ4n) is 2.15. The van der Waals surface area contributed by atoms with Gasteiger partial charge in [0.05, 0.1) is 10.9 Å². The van der Waals surface area contributed by atoms with Crippen LogP contribution in [0, 0.1) is 6.92 Å². The first-order valence-electron chi connectivity index (χ1n) is 7.45. The molecule has 1 amide bonds. The molecule has 2 aromatic rings. The number of hydrogen-bond donors (Lipinski definition) is 1. The second-order valence-electron chi connectivity index (χ2n) is 5.24. The van der Waals surface area contributed by atoms with Gasteiger partial charge in [-0.2, -0.15) is 11.8 Å². The molecule has 1 atom stereocenters. The number of aryl methyl sites for hydroxylation is 2. The number of thiazole rings is 1. The summed E-state index contributed by atoms with van der Waals surface area (Å²) in [6.45, 7) is 6.12. The minimum Gasteiger partial charge on any atom is -0.301 e. The predicted molar refractivity (Wildman–Crippen MR) is 97.9 cm³/mol. The van der Waals surface area contributed by atoms with E-state index in [1.165, 1.54) is 28.7 Å². The van der Waals surface area contributed by atoms with E-state index >= 15 is 0 Å². The zero-order valence-corrected chi connectivity index (χ0v) is 15.1. The molecule has 3 nitrogen and oxygen atoms in total. The molecule has 0 bridgehead atoms. The number of benzene rings is 1. The predicted octanol–water partition coefficient (Wildman–Crippen LogP) is 4.76. The lowest BCUT2D eigenvalue weighted by Crippen LogP contribution is -2.21. The fourth-order valence-corrected chi connectivity index (χ4v) is 3.26. The van der Waals surface area contributed by atoms with E-state index in [-0.39, 0.29) is 11.2 Å². The lowest BCUT2D eigenvalue weighted by molar-refractivity contribution is -0.115. The Morgan fingerprint density at radius 3 is 2.64 bits per heavy atom. The van der Waals surface area contributed by atoms with Gasteiger partial charge in [-0.05, 0) is 32.1 Å². The number of carbonyl (C=O) groups excluding carboxylic acids is 1. The van der Waals surface area contributed by atoms with Gasteiger partial charge in [0.1, 0.15) is 0 Å². The van der Waals surface area contributed by atoms with Crippen molar-refractivity contribution in [2.24, 2.45) is 0 Å². The molecule has 0 aliphatic heterocycles. The van der Waals surface area contributed by atoms with Crippen molar-refractivity contribution in [3.63, 3.8) is 0 Å². The third kappa shape index (κ3) is 4.11. The highest BCUT2D eigenvalue weighted by Crippen LogP contribution is 2.31. The zero-order valence-electron chi connectivity index (χ0n) is 13.5. The van der Waals surface area contributed by atoms with Crippen molar-refractivity contribution in [2.45, 2.75) is 38.9 Å². The number of nitrogens with zero attached hydrogens (tertiary/aromatic N) is 1. The Morgan fingerprint density at radius 2 is 2.05 bits per heavy atom. The molecule has 2 rings (SSSR count). The normalized spacial score (nSPS) is 12.2. The third-order valence-electron chi connectivity index (χ3n) is 3.52. The Labute approximate surface area is 140 Å². The number of thioether (sulfide) groups is 1. The van der Waals surface area contributed by atoms with Gasteiger partial charge in [0.25, 0.3) is 0 Å². The lowest BCUT2D eigenvalue weighted by Gasteiger charge is -2.06. The second-order valence-corrected chi connectivity index (χ2v) is 7.62. The van der Waals surface area contributed by atoms with Gasteiger partial charge in [-0.25, -0.2) is 4.98 Å². The molecule has 0 radical (unpaired) electrons. The molecule has 0 fully saturated rings. The SMILES string of the molecule is CCCc1ccc(-c2nc(NC(=O)C(C)SC)sc2C)cc1. The molecule has 1 unspecified atom stereocenters. The summed E-state index contributed by atoms with van der Waals surface area (Å²) in [6.07, 6.45) is 4.18. The van der Waals surface area contributed by atoms with Crippen molar-refractivity contribution in [2.75, 3.05) is 11.6 Å². The molecule has 22 heavy (non-hydrogen) atoms. The standard InChI is InChI=1S/C17H22N2OS2/c1-5-6-13-7-9-14(10-8-13)15-11(2)22-17(18-15)19-16(20)12(3)21-4/h7-10,12H,5-6H2,1-4H3,(H,18,19,20). The Balaban J connectivity index is 2.17. The third-order valence-corrected chi connectivity index (χ3v) is 5.32. The summed E-state index contributed by atoms with van der Waals surface area (Å²) in [6, 6.07) is 8.55.